The van der Waals surface area contributed by atoms with Crippen LogP contribution >= 0.6 is 0 Å². The van der Waals surface area contributed by atoms with Crippen LogP contribution in [0.5, 0.6) is 0 Å². The SMILES string of the molecule is Cc1cc2cc[c-](C)c2cc1C.[CH3-].[CH3-].[Hf]. The molecule has 2 aromatic rings. The van der Waals surface area contributed by atoms with Crippen molar-refractivity contribution < 1.29 is 25.8 Å². The van der Waals surface area contributed by atoms with E-state index in [2.05, 4.69) is 45.0 Å². The van der Waals surface area contributed by atoms with Crippen LogP contribution < -0.4 is 0 Å². The Morgan fingerprint density at radius 3 is 2.13 bits per heavy atom. The minimum absolute atomic E-state index is 0. The first-order chi connectivity index (χ1) is 5.68. The molecule has 0 amide bonds. The molecule has 0 fully saturated rings. The molecule has 0 unspecified atom stereocenters. The van der Waals surface area contributed by atoms with Crippen LogP contribution in [0, 0.1) is 35.6 Å². The molecule has 2 aromatic carbocycles. The third-order valence-corrected chi connectivity index (χ3v) is 2.60. The molecule has 0 N–H and O–H groups in total. The van der Waals surface area contributed by atoms with Crippen LogP contribution in [0.25, 0.3) is 10.8 Å². The van der Waals surface area contributed by atoms with E-state index in [0.717, 1.165) is 0 Å². The molecular weight excluding hydrogens is 347 g/mol. The van der Waals surface area contributed by atoms with Crippen molar-refractivity contribution >= 4 is 10.8 Å². The van der Waals surface area contributed by atoms with Crippen LogP contribution in [0.4, 0.5) is 0 Å². The summed E-state index contributed by atoms with van der Waals surface area (Å²) < 4.78 is 0. The Bertz CT molecular complexity index is 424. The van der Waals surface area contributed by atoms with Crippen LogP contribution in [-0.2, 0) is 25.8 Å². The van der Waals surface area contributed by atoms with Gasteiger partial charge < -0.3 is 14.9 Å². The van der Waals surface area contributed by atoms with Crippen LogP contribution in [0.1, 0.15) is 16.7 Å². The van der Waals surface area contributed by atoms with E-state index in [1.165, 1.54) is 27.5 Å². The van der Waals surface area contributed by atoms with E-state index in [9.17, 15) is 0 Å². The molecule has 0 heterocycles. The Labute approximate surface area is 113 Å². The minimum Gasteiger partial charge on any atom is -0.358 e. The Kier molecular flexibility index (Phi) is 7.21. The molecule has 0 aromatic heterocycles. The minimum atomic E-state index is 0. The zero-order valence-electron chi connectivity index (χ0n) is 10.3. The Hall–Kier alpha value is -0.300. The number of fused-ring (bicyclic) bond motifs is 1. The Balaban J connectivity index is 0. The van der Waals surface area contributed by atoms with E-state index in [1.807, 2.05) is 0 Å². The quantitative estimate of drug-likeness (QED) is 0.480. The van der Waals surface area contributed by atoms with Crippen molar-refractivity contribution in [3.8, 4) is 0 Å². The second-order valence-corrected chi connectivity index (χ2v) is 3.54. The molecule has 0 saturated heterocycles. The maximum atomic E-state index is 2.28. The van der Waals surface area contributed by atoms with Gasteiger partial charge in [0.1, 0.15) is 0 Å². The molecule has 82 valence electrons. The fraction of sp³-hybridized carbons (Fsp3) is 0.214. The molecule has 15 heavy (non-hydrogen) atoms. The molecule has 0 radical (unpaired) electrons. The number of benzene rings is 1. The summed E-state index contributed by atoms with van der Waals surface area (Å²) in [5.74, 6) is 0. The van der Waals surface area contributed by atoms with Gasteiger partial charge in [0.25, 0.3) is 0 Å². The molecule has 1 heteroatoms. The van der Waals surface area contributed by atoms with Crippen molar-refractivity contribution in [3.05, 3.63) is 55.8 Å². The second-order valence-electron chi connectivity index (χ2n) is 3.54. The average Bonchev–Trinajstić information content (AvgIpc) is 2.35. The van der Waals surface area contributed by atoms with Crippen molar-refractivity contribution in [1.29, 1.82) is 0 Å². The molecule has 0 saturated carbocycles. The normalized spacial score (nSPS) is 8.73. The molecule has 0 aliphatic heterocycles. The predicted molar refractivity (Wildman–Crippen MR) is 66.6 cm³/mol. The van der Waals surface area contributed by atoms with E-state index in [-0.39, 0.29) is 40.7 Å². The van der Waals surface area contributed by atoms with Gasteiger partial charge in [-0.15, -0.1) is 28.5 Å². The summed E-state index contributed by atoms with van der Waals surface area (Å²) in [6, 6.07) is 8.91. The maximum Gasteiger partial charge on any atom is 0 e. The summed E-state index contributed by atoms with van der Waals surface area (Å²) in [4.78, 5) is 0. The van der Waals surface area contributed by atoms with Gasteiger partial charge in [-0.05, 0) is 13.8 Å². The number of hydrogen-bond donors (Lipinski definition) is 0. The van der Waals surface area contributed by atoms with E-state index in [0.29, 0.717) is 0 Å². The van der Waals surface area contributed by atoms with Gasteiger partial charge in [-0.3, -0.25) is 0 Å². The fourth-order valence-corrected chi connectivity index (χ4v) is 1.62. The van der Waals surface area contributed by atoms with Crippen LogP contribution in [0.2, 0.25) is 0 Å². The average molecular weight is 366 g/mol. The van der Waals surface area contributed by atoms with Gasteiger partial charge >= 0.3 is 0 Å². The third-order valence-electron chi connectivity index (χ3n) is 2.60. The summed E-state index contributed by atoms with van der Waals surface area (Å²) in [7, 11) is 0. The first kappa shape index (κ1) is 17.1. The summed E-state index contributed by atoms with van der Waals surface area (Å²) >= 11 is 0. The molecule has 0 atom stereocenters. The van der Waals surface area contributed by atoms with Gasteiger partial charge in [0, 0.05) is 25.8 Å². The molecule has 0 aliphatic rings. The molecule has 0 nitrogen and oxygen atoms in total. The largest absolute Gasteiger partial charge is 0.358 e. The van der Waals surface area contributed by atoms with Gasteiger partial charge in [-0.2, -0.15) is 12.1 Å². The van der Waals surface area contributed by atoms with Crippen molar-refractivity contribution in [1.82, 2.24) is 0 Å². The van der Waals surface area contributed by atoms with Crippen molar-refractivity contribution in [2.75, 3.05) is 0 Å². The standard InChI is InChI=1S/C12H13.2CH3.Hf/c1-8-4-5-11-6-9(2)10(3)7-12(8)11;;;/h4-7H,1-3H3;2*1H3;/q3*-1;. The van der Waals surface area contributed by atoms with E-state index >= 15 is 0 Å². The molecule has 0 aliphatic carbocycles. The summed E-state index contributed by atoms with van der Waals surface area (Å²) in [5.41, 5.74) is 4.15. The number of rotatable bonds is 0. The maximum absolute atomic E-state index is 2.28. The monoisotopic (exact) mass is 367 g/mol. The molecular formula is C14H19Hf-3. The van der Waals surface area contributed by atoms with Crippen LogP contribution in [-0.4, -0.2) is 0 Å². The summed E-state index contributed by atoms with van der Waals surface area (Å²) in [6.45, 7) is 6.50. The Morgan fingerprint density at radius 2 is 1.53 bits per heavy atom. The number of hydrogen-bond acceptors (Lipinski definition) is 0. The fourth-order valence-electron chi connectivity index (χ4n) is 1.62. The van der Waals surface area contributed by atoms with Crippen molar-refractivity contribution in [2.24, 2.45) is 0 Å². The topological polar surface area (TPSA) is 0 Å². The second kappa shape index (κ2) is 6.32. The summed E-state index contributed by atoms with van der Waals surface area (Å²) in [5, 5.41) is 2.77. The van der Waals surface area contributed by atoms with E-state index in [4.69, 9.17) is 0 Å². The molecule has 2 rings (SSSR count). The first-order valence-electron chi connectivity index (χ1n) is 4.32. The zero-order valence-corrected chi connectivity index (χ0v) is 13.9. The van der Waals surface area contributed by atoms with Crippen LogP contribution in [0.3, 0.4) is 0 Å². The van der Waals surface area contributed by atoms with Gasteiger partial charge in [0.15, 0.2) is 0 Å². The molecule has 0 bridgehead atoms. The predicted octanol–water partition coefficient (Wildman–Crippen LogP) is 4.38. The smallest absolute Gasteiger partial charge is 0 e. The zero-order chi connectivity index (χ0) is 8.72. The van der Waals surface area contributed by atoms with Gasteiger partial charge in [0.2, 0.25) is 0 Å². The van der Waals surface area contributed by atoms with Crippen molar-refractivity contribution in [3.63, 3.8) is 0 Å². The van der Waals surface area contributed by atoms with E-state index in [1.54, 1.807) is 0 Å². The first-order valence-corrected chi connectivity index (χ1v) is 4.32. The number of aryl methyl sites for hydroxylation is 3. The van der Waals surface area contributed by atoms with Crippen LogP contribution in [0.15, 0.2) is 24.3 Å². The van der Waals surface area contributed by atoms with Crippen molar-refractivity contribution in [2.45, 2.75) is 20.8 Å². The molecule has 0 spiro atoms. The summed E-state index contributed by atoms with van der Waals surface area (Å²) in [6.07, 6.45) is 0. The third kappa shape index (κ3) is 3.07. The van der Waals surface area contributed by atoms with Gasteiger partial charge in [-0.25, -0.2) is 0 Å². The van der Waals surface area contributed by atoms with E-state index < -0.39 is 0 Å². The van der Waals surface area contributed by atoms with Gasteiger partial charge in [-0.1, -0.05) is 18.1 Å². The Morgan fingerprint density at radius 1 is 1.00 bits per heavy atom. The van der Waals surface area contributed by atoms with Gasteiger partial charge in [0.05, 0.1) is 0 Å².